The lowest BCUT2D eigenvalue weighted by molar-refractivity contribution is 0.980. The lowest BCUT2D eigenvalue weighted by Crippen LogP contribution is -2.11. The van der Waals surface area contributed by atoms with Gasteiger partial charge >= 0.3 is 0 Å². The lowest BCUT2D eigenvalue weighted by atomic mass is 10.3. The summed E-state index contributed by atoms with van der Waals surface area (Å²) in [5.41, 5.74) is 1.87. The van der Waals surface area contributed by atoms with Gasteiger partial charge in [-0.05, 0) is 31.5 Å². The zero-order valence-electron chi connectivity index (χ0n) is 8.24. The molecule has 3 heteroatoms. The number of aromatic amines is 1. The number of hydrogen-bond donors (Lipinski definition) is 1. The van der Waals surface area contributed by atoms with Crippen LogP contribution in [0.25, 0.3) is 5.82 Å². The van der Waals surface area contributed by atoms with Gasteiger partial charge in [0.1, 0.15) is 5.82 Å². The van der Waals surface area contributed by atoms with E-state index in [1.807, 2.05) is 42.1 Å². The van der Waals surface area contributed by atoms with E-state index >= 15 is 0 Å². The summed E-state index contributed by atoms with van der Waals surface area (Å²) >= 11 is 0. The van der Waals surface area contributed by atoms with E-state index in [-0.39, 0.29) is 5.56 Å². The first-order valence-electron chi connectivity index (χ1n) is 4.52. The Morgan fingerprint density at radius 3 is 2.57 bits per heavy atom. The fraction of sp³-hybridized carbons (Fsp3) is 0.182. The Bertz CT molecular complexity index is 508. The molecule has 1 N–H and O–H groups in total. The van der Waals surface area contributed by atoms with Crippen LogP contribution in [-0.2, 0) is 0 Å². The SMILES string of the molecule is Cc1ccn(-c2ccc(C)c(=O)[nH]2)c1. The second-order valence-electron chi connectivity index (χ2n) is 3.45. The Balaban J connectivity index is 2.53. The number of rotatable bonds is 1. The third-order valence-electron chi connectivity index (χ3n) is 2.21. The van der Waals surface area contributed by atoms with Gasteiger partial charge in [-0.25, -0.2) is 0 Å². The minimum atomic E-state index is -0.0335. The van der Waals surface area contributed by atoms with Crippen molar-refractivity contribution in [2.24, 2.45) is 0 Å². The molecule has 0 saturated heterocycles. The first kappa shape index (κ1) is 8.81. The molecule has 72 valence electrons. The average Bonchev–Trinajstić information content (AvgIpc) is 2.57. The van der Waals surface area contributed by atoms with Crippen LogP contribution in [0.4, 0.5) is 0 Å². The highest BCUT2D eigenvalue weighted by atomic mass is 16.1. The highest BCUT2D eigenvalue weighted by Crippen LogP contribution is 2.05. The highest BCUT2D eigenvalue weighted by Gasteiger charge is 1.98. The predicted molar refractivity (Wildman–Crippen MR) is 55.9 cm³/mol. The molecule has 14 heavy (non-hydrogen) atoms. The Morgan fingerprint density at radius 2 is 2.00 bits per heavy atom. The van der Waals surface area contributed by atoms with Gasteiger partial charge in [0, 0.05) is 18.0 Å². The molecule has 0 aliphatic heterocycles. The van der Waals surface area contributed by atoms with Crippen molar-refractivity contribution in [2.45, 2.75) is 13.8 Å². The summed E-state index contributed by atoms with van der Waals surface area (Å²) in [5.74, 6) is 0.800. The van der Waals surface area contributed by atoms with E-state index in [9.17, 15) is 4.79 Å². The van der Waals surface area contributed by atoms with E-state index in [0.29, 0.717) is 0 Å². The molecule has 0 bridgehead atoms. The monoisotopic (exact) mass is 188 g/mol. The van der Waals surface area contributed by atoms with Crippen LogP contribution in [0.2, 0.25) is 0 Å². The molecule has 0 spiro atoms. The fourth-order valence-electron chi connectivity index (χ4n) is 1.34. The largest absolute Gasteiger partial charge is 0.310 e. The molecule has 0 aliphatic rings. The van der Waals surface area contributed by atoms with Gasteiger partial charge in [0.05, 0.1) is 0 Å². The van der Waals surface area contributed by atoms with E-state index in [4.69, 9.17) is 0 Å². The van der Waals surface area contributed by atoms with Crippen LogP contribution in [0.3, 0.4) is 0 Å². The third-order valence-corrected chi connectivity index (χ3v) is 2.21. The summed E-state index contributed by atoms with van der Waals surface area (Å²) in [7, 11) is 0. The molecular weight excluding hydrogens is 176 g/mol. The standard InChI is InChI=1S/C11H12N2O/c1-8-5-6-13(7-8)10-4-3-9(2)11(14)12-10/h3-7H,1-2H3,(H,12,14). The van der Waals surface area contributed by atoms with E-state index in [2.05, 4.69) is 4.98 Å². The molecule has 0 amide bonds. The molecule has 0 saturated carbocycles. The fourth-order valence-corrected chi connectivity index (χ4v) is 1.34. The van der Waals surface area contributed by atoms with Crippen molar-refractivity contribution in [1.82, 2.24) is 9.55 Å². The van der Waals surface area contributed by atoms with Crippen LogP contribution < -0.4 is 5.56 Å². The number of H-pyrrole nitrogens is 1. The Morgan fingerprint density at radius 1 is 1.21 bits per heavy atom. The Kier molecular flexibility index (Phi) is 2.00. The third kappa shape index (κ3) is 1.48. The molecular formula is C11H12N2O. The summed E-state index contributed by atoms with van der Waals surface area (Å²) in [5, 5.41) is 0. The molecule has 3 nitrogen and oxygen atoms in total. The van der Waals surface area contributed by atoms with Crippen molar-refractivity contribution in [3.8, 4) is 5.82 Å². The molecule has 0 fully saturated rings. The van der Waals surface area contributed by atoms with Crippen molar-refractivity contribution >= 4 is 0 Å². The summed E-state index contributed by atoms with van der Waals surface area (Å²) < 4.78 is 1.90. The van der Waals surface area contributed by atoms with Crippen molar-refractivity contribution in [2.75, 3.05) is 0 Å². The number of hydrogen-bond acceptors (Lipinski definition) is 1. The molecule has 0 atom stereocenters. The smallest absolute Gasteiger partial charge is 0.252 e. The lowest BCUT2D eigenvalue weighted by Gasteiger charge is -2.02. The maximum absolute atomic E-state index is 11.4. The number of aromatic nitrogens is 2. The number of nitrogens with zero attached hydrogens (tertiary/aromatic N) is 1. The van der Waals surface area contributed by atoms with Crippen LogP contribution in [0.5, 0.6) is 0 Å². The van der Waals surface area contributed by atoms with E-state index in [1.165, 1.54) is 5.56 Å². The van der Waals surface area contributed by atoms with Gasteiger partial charge in [-0.2, -0.15) is 0 Å². The van der Waals surface area contributed by atoms with Crippen LogP contribution in [-0.4, -0.2) is 9.55 Å². The van der Waals surface area contributed by atoms with E-state index in [0.717, 1.165) is 11.4 Å². The number of aryl methyl sites for hydroxylation is 2. The van der Waals surface area contributed by atoms with Crippen LogP contribution >= 0.6 is 0 Å². The van der Waals surface area contributed by atoms with Gasteiger partial charge in [0.25, 0.3) is 5.56 Å². The van der Waals surface area contributed by atoms with Crippen LogP contribution in [0, 0.1) is 13.8 Å². The number of pyridine rings is 1. The number of nitrogens with one attached hydrogen (secondary N) is 1. The first-order valence-corrected chi connectivity index (χ1v) is 4.52. The maximum Gasteiger partial charge on any atom is 0.252 e. The molecule has 0 aliphatic carbocycles. The molecule has 2 rings (SSSR count). The summed E-state index contributed by atoms with van der Waals surface area (Å²) in [6, 6.07) is 5.72. The van der Waals surface area contributed by atoms with E-state index < -0.39 is 0 Å². The Hall–Kier alpha value is -1.77. The van der Waals surface area contributed by atoms with Crippen molar-refractivity contribution in [3.05, 3.63) is 52.1 Å². The van der Waals surface area contributed by atoms with Crippen LogP contribution in [0.15, 0.2) is 35.4 Å². The second kappa shape index (κ2) is 3.18. The molecule has 0 radical (unpaired) electrons. The van der Waals surface area contributed by atoms with Crippen molar-refractivity contribution in [3.63, 3.8) is 0 Å². The maximum atomic E-state index is 11.4. The molecule has 2 heterocycles. The zero-order chi connectivity index (χ0) is 10.1. The van der Waals surface area contributed by atoms with Crippen molar-refractivity contribution < 1.29 is 0 Å². The minimum absolute atomic E-state index is 0.0335. The topological polar surface area (TPSA) is 37.8 Å². The molecule has 0 unspecified atom stereocenters. The predicted octanol–water partition coefficient (Wildman–Crippen LogP) is 1.78. The van der Waals surface area contributed by atoms with Gasteiger partial charge in [-0.3, -0.25) is 4.79 Å². The highest BCUT2D eigenvalue weighted by molar-refractivity contribution is 5.27. The van der Waals surface area contributed by atoms with Gasteiger partial charge < -0.3 is 9.55 Å². The zero-order valence-corrected chi connectivity index (χ0v) is 8.24. The van der Waals surface area contributed by atoms with Gasteiger partial charge in [0.2, 0.25) is 0 Å². The van der Waals surface area contributed by atoms with Crippen LogP contribution in [0.1, 0.15) is 11.1 Å². The quantitative estimate of drug-likeness (QED) is 0.727. The molecule has 2 aromatic heterocycles. The van der Waals surface area contributed by atoms with Gasteiger partial charge in [-0.1, -0.05) is 6.07 Å². The Labute approximate surface area is 82.0 Å². The molecule has 0 aromatic carbocycles. The summed E-state index contributed by atoms with van der Waals surface area (Å²) in [6.07, 6.45) is 3.90. The average molecular weight is 188 g/mol. The second-order valence-corrected chi connectivity index (χ2v) is 3.45. The minimum Gasteiger partial charge on any atom is -0.310 e. The van der Waals surface area contributed by atoms with Gasteiger partial charge in [-0.15, -0.1) is 0 Å². The summed E-state index contributed by atoms with van der Waals surface area (Å²) in [6.45, 7) is 3.81. The summed E-state index contributed by atoms with van der Waals surface area (Å²) in [4.78, 5) is 14.2. The van der Waals surface area contributed by atoms with Crippen molar-refractivity contribution in [1.29, 1.82) is 0 Å². The normalized spacial score (nSPS) is 10.4. The molecule has 2 aromatic rings. The first-order chi connectivity index (χ1) is 6.66. The van der Waals surface area contributed by atoms with Gasteiger partial charge in [0.15, 0.2) is 0 Å². The van der Waals surface area contributed by atoms with E-state index in [1.54, 1.807) is 6.92 Å².